The summed E-state index contributed by atoms with van der Waals surface area (Å²) in [7, 11) is 0. The first kappa shape index (κ1) is 17.1. The first-order chi connectivity index (χ1) is 9.28. The normalized spacial score (nSPS) is 13.1. The Balaban J connectivity index is 2.29. The van der Waals surface area contributed by atoms with Crippen LogP contribution in [0.3, 0.4) is 0 Å². The molecule has 0 aliphatic carbocycles. The van der Waals surface area contributed by atoms with Gasteiger partial charge in [-0.1, -0.05) is 34.1 Å². The molecule has 1 aromatic carbocycles. The number of nitrogens with one attached hydrogen (secondary N) is 1. The van der Waals surface area contributed by atoms with Crippen molar-refractivity contribution in [2.24, 2.45) is 0 Å². The molecule has 112 valence electrons. The molecule has 2 N–H and O–H groups in total. The highest BCUT2D eigenvalue weighted by Crippen LogP contribution is 2.15. The molecule has 5 heteroatoms. The molecular weight excluding hydrogens is 322 g/mol. The Bertz CT molecular complexity index is 443. The molecule has 0 bridgehead atoms. The van der Waals surface area contributed by atoms with Gasteiger partial charge in [0.25, 0.3) is 0 Å². The molecule has 4 nitrogen and oxygen atoms in total. The summed E-state index contributed by atoms with van der Waals surface area (Å²) < 4.78 is 6.31. The zero-order valence-electron chi connectivity index (χ0n) is 12.1. The topological polar surface area (TPSA) is 58.6 Å². The molecule has 0 spiro atoms. The van der Waals surface area contributed by atoms with E-state index in [1.807, 2.05) is 45.0 Å². The summed E-state index contributed by atoms with van der Waals surface area (Å²) in [5.74, 6) is -0.0997. The van der Waals surface area contributed by atoms with Crippen LogP contribution in [0.15, 0.2) is 28.7 Å². The van der Waals surface area contributed by atoms with E-state index in [-0.39, 0.29) is 12.3 Å². The van der Waals surface area contributed by atoms with Gasteiger partial charge in [0.2, 0.25) is 5.91 Å². The van der Waals surface area contributed by atoms with E-state index in [2.05, 4.69) is 21.2 Å². The molecule has 1 atom stereocenters. The fourth-order valence-corrected chi connectivity index (χ4v) is 2.07. The second-order valence-electron chi connectivity index (χ2n) is 5.59. The van der Waals surface area contributed by atoms with Crippen molar-refractivity contribution in [2.45, 2.75) is 52.0 Å². The zero-order chi connectivity index (χ0) is 15.2. The van der Waals surface area contributed by atoms with E-state index in [1.165, 1.54) is 0 Å². The fourth-order valence-electron chi connectivity index (χ4n) is 1.65. The Labute approximate surface area is 128 Å². The summed E-state index contributed by atoms with van der Waals surface area (Å²) in [6.07, 6.45) is -0.384. The molecule has 0 saturated carbocycles. The second kappa shape index (κ2) is 7.76. The van der Waals surface area contributed by atoms with Crippen molar-refractivity contribution in [2.75, 3.05) is 0 Å². The van der Waals surface area contributed by atoms with Crippen LogP contribution in [0.2, 0.25) is 0 Å². The number of aliphatic hydroxyl groups excluding tert-OH is 1. The van der Waals surface area contributed by atoms with Gasteiger partial charge in [-0.25, -0.2) is 0 Å². The Hall–Kier alpha value is -0.910. The molecule has 0 radical (unpaired) electrons. The highest BCUT2D eigenvalue weighted by atomic mass is 79.9. The van der Waals surface area contributed by atoms with Gasteiger partial charge in [0.05, 0.1) is 5.60 Å². The first-order valence-corrected chi connectivity index (χ1v) is 7.43. The third-order valence-electron chi connectivity index (χ3n) is 2.54. The summed E-state index contributed by atoms with van der Waals surface area (Å²) in [6, 6.07) is 7.73. The van der Waals surface area contributed by atoms with E-state index < -0.39 is 11.9 Å². The highest BCUT2D eigenvalue weighted by Gasteiger charge is 2.17. The van der Waals surface area contributed by atoms with Gasteiger partial charge in [0.15, 0.2) is 6.29 Å². The van der Waals surface area contributed by atoms with Gasteiger partial charge in [0.1, 0.15) is 0 Å². The number of hydrogen-bond donors (Lipinski definition) is 2. The van der Waals surface area contributed by atoms with Crippen LogP contribution in [-0.4, -0.2) is 22.9 Å². The molecule has 1 aromatic rings. The molecule has 0 aromatic heterocycles. The van der Waals surface area contributed by atoms with Crippen LogP contribution >= 0.6 is 15.9 Å². The largest absolute Gasteiger partial charge is 0.368 e. The molecule has 20 heavy (non-hydrogen) atoms. The average Bonchev–Trinajstić information content (AvgIpc) is 2.33. The van der Waals surface area contributed by atoms with Crippen molar-refractivity contribution in [3.05, 3.63) is 34.3 Å². The monoisotopic (exact) mass is 343 g/mol. The van der Waals surface area contributed by atoms with Crippen molar-refractivity contribution >= 4 is 21.8 Å². The van der Waals surface area contributed by atoms with Gasteiger partial charge in [0, 0.05) is 23.9 Å². The lowest BCUT2D eigenvalue weighted by Crippen LogP contribution is -2.29. The van der Waals surface area contributed by atoms with Gasteiger partial charge < -0.3 is 15.2 Å². The van der Waals surface area contributed by atoms with E-state index in [4.69, 9.17) is 4.74 Å². The number of hydrogen-bond acceptors (Lipinski definition) is 3. The van der Waals surface area contributed by atoms with Crippen molar-refractivity contribution < 1.29 is 14.6 Å². The minimum atomic E-state index is -0.913. The van der Waals surface area contributed by atoms with Crippen molar-refractivity contribution in [1.82, 2.24) is 5.32 Å². The maximum Gasteiger partial charge on any atom is 0.220 e. The zero-order valence-corrected chi connectivity index (χ0v) is 13.7. The lowest BCUT2D eigenvalue weighted by Gasteiger charge is -2.23. The SMILES string of the molecule is CC(C)(C)OC(O)CCC(=O)NCc1ccccc1Br. The second-order valence-corrected chi connectivity index (χ2v) is 6.45. The van der Waals surface area contributed by atoms with Crippen LogP contribution in [0.1, 0.15) is 39.2 Å². The molecule has 0 heterocycles. The van der Waals surface area contributed by atoms with Gasteiger partial charge >= 0.3 is 0 Å². The summed E-state index contributed by atoms with van der Waals surface area (Å²) >= 11 is 3.43. The van der Waals surface area contributed by atoms with Crippen molar-refractivity contribution in [1.29, 1.82) is 0 Å². The lowest BCUT2D eigenvalue weighted by molar-refractivity contribution is -0.170. The van der Waals surface area contributed by atoms with E-state index in [1.54, 1.807) is 0 Å². The van der Waals surface area contributed by atoms with Gasteiger partial charge in [-0.3, -0.25) is 4.79 Å². The molecule has 0 fully saturated rings. The van der Waals surface area contributed by atoms with Crippen LogP contribution in [0.25, 0.3) is 0 Å². The van der Waals surface area contributed by atoms with E-state index in [0.717, 1.165) is 10.0 Å². The summed E-state index contributed by atoms with van der Waals surface area (Å²) in [4.78, 5) is 11.7. The number of amides is 1. The van der Waals surface area contributed by atoms with Crippen molar-refractivity contribution in [3.8, 4) is 0 Å². The number of ether oxygens (including phenoxy) is 1. The van der Waals surface area contributed by atoms with E-state index in [0.29, 0.717) is 13.0 Å². The highest BCUT2D eigenvalue weighted by molar-refractivity contribution is 9.10. The molecule has 0 saturated heterocycles. The predicted molar refractivity (Wildman–Crippen MR) is 82.1 cm³/mol. The summed E-state index contributed by atoms with van der Waals surface area (Å²) in [5, 5.41) is 12.5. The Kier molecular flexibility index (Phi) is 6.65. The Morgan fingerprint density at radius 1 is 1.40 bits per heavy atom. The minimum absolute atomic E-state index is 0.0997. The number of benzene rings is 1. The van der Waals surface area contributed by atoms with Crippen LogP contribution < -0.4 is 5.32 Å². The number of rotatable bonds is 6. The standard InChI is InChI=1S/C15H22BrNO3/c1-15(2,3)20-14(19)9-8-13(18)17-10-11-6-4-5-7-12(11)16/h4-7,14,19H,8-10H2,1-3H3,(H,17,18). The first-order valence-electron chi connectivity index (χ1n) is 6.64. The minimum Gasteiger partial charge on any atom is -0.368 e. The number of carbonyl (C=O) groups is 1. The average molecular weight is 344 g/mol. The molecule has 1 rings (SSSR count). The molecule has 1 unspecified atom stereocenters. The Morgan fingerprint density at radius 2 is 2.05 bits per heavy atom. The van der Waals surface area contributed by atoms with Gasteiger partial charge in [-0.15, -0.1) is 0 Å². The molecular formula is C15H22BrNO3. The third-order valence-corrected chi connectivity index (χ3v) is 3.32. The smallest absolute Gasteiger partial charge is 0.220 e. The third kappa shape index (κ3) is 7.03. The molecule has 1 amide bonds. The van der Waals surface area contributed by atoms with Gasteiger partial charge in [-0.05, 0) is 32.4 Å². The van der Waals surface area contributed by atoms with Crippen LogP contribution in [-0.2, 0) is 16.1 Å². The Morgan fingerprint density at radius 3 is 2.65 bits per heavy atom. The van der Waals surface area contributed by atoms with Crippen molar-refractivity contribution in [3.63, 3.8) is 0 Å². The number of aliphatic hydroxyl groups is 1. The summed E-state index contributed by atoms with van der Waals surface area (Å²) in [6.45, 7) is 6.06. The maximum atomic E-state index is 11.7. The van der Waals surface area contributed by atoms with E-state index >= 15 is 0 Å². The molecule has 0 aliphatic rings. The van der Waals surface area contributed by atoms with Gasteiger partial charge in [-0.2, -0.15) is 0 Å². The van der Waals surface area contributed by atoms with Crippen LogP contribution in [0.5, 0.6) is 0 Å². The molecule has 0 aliphatic heterocycles. The predicted octanol–water partition coefficient (Wildman–Crippen LogP) is 2.98. The van der Waals surface area contributed by atoms with Crippen LogP contribution in [0, 0.1) is 0 Å². The maximum absolute atomic E-state index is 11.7. The fraction of sp³-hybridized carbons (Fsp3) is 0.533. The van der Waals surface area contributed by atoms with E-state index in [9.17, 15) is 9.90 Å². The van der Waals surface area contributed by atoms with Crippen LogP contribution in [0.4, 0.5) is 0 Å². The number of carbonyl (C=O) groups excluding carboxylic acids is 1. The lowest BCUT2D eigenvalue weighted by atomic mass is 10.2. The number of halogens is 1. The quantitative estimate of drug-likeness (QED) is 0.780. The summed E-state index contributed by atoms with van der Waals surface area (Å²) in [5.41, 5.74) is 0.609.